The topological polar surface area (TPSA) is 156 Å². The molecule has 2 saturated heterocycles. The zero-order valence-electron chi connectivity index (χ0n) is 25.3. The number of nitrogens with one attached hydrogen (secondary N) is 1. The van der Waals surface area contributed by atoms with Crippen LogP contribution in [0.4, 0.5) is 4.79 Å². The Balaban J connectivity index is 1.46. The van der Waals surface area contributed by atoms with Gasteiger partial charge < -0.3 is 19.7 Å². The summed E-state index contributed by atoms with van der Waals surface area (Å²) in [4.78, 5) is 40.6. The summed E-state index contributed by atoms with van der Waals surface area (Å²) < 4.78 is 62.2. The first-order chi connectivity index (χ1) is 20.5. The maximum Gasteiger partial charge on any atom is 0.415 e. The fourth-order valence-corrected chi connectivity index (χ4v) is 7.82. The minimum absolute atomic E-state index is 0.0380. The van der Waals surface area contributed by atoms with Gasteiger partial charge in [-0.2, -0.15) is 4.31 Å². The molecule has 0 aliphatic carbocycles. The molecule has 2 atom stereocenters. The van der Waals surface area contributed by atoms with Gasteiger partial charge in [-0.25, -0.2) is 26.4 Å². The molecule has 14 heteroatoms. The van der Waals surface area contributed by atoms with Crippen LogP contribution in [0.25, 0.3) is 0 Å². The van der Waals surface area contributed by atoms with Gasteiger partial charge in [0.05, 0.1) is 16.4 Å². The smallest absolute Gasteiger partial charge is 0.415 e. The maximum atomic E-state index is 13.5. The van der Waals surface area contributed by atoms with Crippen molar-refractivity contribution in [3.8, 4) is 5.75 Å². The number of benzene rings is 2. The fraction of sp³-hybridized carbons (Fsp3) is 0.500. The minimum atomic E-state index is -3.94. The van der Waals surface area contributed by atoms with Crippen molar-refractivity contribution < 1.29 is 40.7 Å². The zero-order chi connectivity index (χ0) is 32.3. The van der Waals surface area contributed by atoms with E-state index < -0.39 is 55.5 Å². The normalized spacial score (nSPS) is 19.6. The summed E-state index contributed by atoms with van der Waals surface area (Å²) in [7, 11) is -7.09. The van der Waals surface area contributed by atoms with Crippen LogP contribution in [0, 0.1) is 6.92 Å². The number of hydrogen-bond donors (Lipinski definition) is 1. The average molecular weight is 650 g/mol. The van der Waals surface area contributed by atoms with Crippen LogP contribution in [0.5, 0.6) is 5.75 Å². The van der Waals surface area contributed by atoms with Crippen molar-refractivity contribution in [2.75, 3.05) is 31.1 Å². The Morgan fingerprint density at radius 3 is 2.18 bits per heavy atom. The lowest BCUT2D eigenvalue weighted by atomic mass is 10.0. The van der Waals surface area contributed by atoms with Gasteiger partial charge in [0.25, 0.3) is 0 Å². The van der Waals surface area contributed by atoms with Gasteiger partial charge in [-0.15, -0.1) is 0 Å². The summed E-state index contributed by atoms with van der Waals surface area (Å²) in [5.74, 6) is -1.27. The standard InChI is InChI=1S/C30H39N3O9S2/c1-21-7-13-24(14-8-21)44(39,40)33-15-5-6-26(33)27(34)31-25(28(35)42-30(2,3)4)20-22-9-11-23(12-10-22)41-29(36)32-16-18-43(37,38)19-17-32/h7-14,25-26H,5-6,15-20H2,1-4H3,(H,31,34)/t25-,26-/m0/s1. The van der Waals surface area contributed by atoms with Crippen molar-refractivity contribution in [2.45, 2.75) is 69.5 Å². The third-order valence-electron chi connectivity index (χ3n) is 7.31. The molecule has 2 aliphatic rings. The number of sulfonamides is 1. The van der Waals surface area contributed by atoms with Crippen molar-refractivity contribution in [1.82, 2.24) is 14.5 Å². The second-order valence-electron chi connectivity index (χ2n) is 12.0. The summed E-state index contributed by atoms with van der Waals surface area (Å²) in [6, 6.07) is 10.7. The van der Waals surface area contributed by atoms with E-state index >= 15 is 0 Å². The highest BCUT2D eigenvalue weighted by molar-refractivity contribution is 7.91. The summed E-state index contributed by atoms with van der Waals surface area (Å²) in [6.45, 7) is 7.26. The first-order valence-electron chi connectivity index (χ1n) is 14.4. The molecule has 0 spiro atoms. The van der Waals surface area contributed by atoms with Crippen molar-refractivity contribution in [2.24, 2.45) is 0 Å². The molecule has 12 nitrogen and oxygen atoms in total. The number of esters is 1. The van der Waals surface area contributed by atoms with E-state index in [1.54, 1.807) is 45.0 Å². The first kappa shape index (κ1) is 33.4. The van der Waals surface area contributed by atoms with Crippen molar-refractivity contribution in [3.05, 3.63) is 59.7 Å². The number of aryl methyl sites for hydroxylation is 1. The van der Waals surface area contributed by atoms with Gasteiger partial charge in [0.1, 0.15) is 23.4 Å². The van der Waals surface area contributed by atoms with Crippen LogP contribution in [0.3, 0.4) is 0 Å². The summed E-state index contributed by atoms with van der Waals surface area (Å²) in [5.41, 5.74) is 0.700. The number of carbonyl (C=O) groups is 3. The average Bonchev–Trinajstić information content (AvgIpc) is 3.44. The lowest BCUT2D eigenvalue weighted by molar-refractivity contribution is -0.158. The molecule has 2 amide bonds. The van der Waals surface area contributed by atoms with E-state index in [-0.39, 0.29) is 48.2 Å². The van der Waals surface area contributed by atoms with Crippen LogP contribution in [-0.4, -0.2) is 92.8 Å². The van der Waals surface area contributed by atoms with E-state index in [0.29, 0.717) is 18.4 Å². The van der Waals surface area contributed by atoms with Gasteiger partial charge >= 0.3 is 12.1 Å². The van der Waals surface area contributed by atoms with Crippen LogP contribution in [0.1, 0.15) is 44.7 Å². The SMILES string of the molecule is Cc1ccc(S(=O)(=O)N2CCC[C@H]2C(=O)N[C@@H](Cc2ccc(OC(=O)N3CCS(=O)(=O)CC3)cc2)C(=O)OC(C)(C)C)cc1. The molecular formula is C30H39N3O9S2. The molecule has 2 aromatic carbocycles. The Morgan fingerprint density at radius 2 is 1.59 bits per heavy atom. The van der Waals surface area contributed by atoms with Crippen LogP contribution in [-0.2, 0) is 40.6 Å². The van der Waals surface area contributed by atoms with Crippen molar-refractivity contribution in [3.63, 3.8) is 0 Å². The lowest BCUT2D eigenvalue weighted by Crippen LogP contribution is -2.52. The Kier molecular flexibility index (Phi) is 10.1. The Morgan fingerprint density at radius 1 is 0.977 bits per heavy atom. The quantitative estimate of drug-likeness (QED) is 0.425. The number of ether oxygens (including phenoxy) is 2. The van der Waals surface area contributed by atoms with Crippen LogP contribution in [0.2, 0.25) is 0 Å². The number of amides is 2. The monoisotopic (exact) mass is 649 g/mol. The second-order valence-corrected chi connectivity index (χ2v) is 16.2. The van der Waals surface area contributed by atoms with Gasteiger partial charge in [-0.1, -0.05) is 29.8 Å². The molecule has 0 radical (unpaired) electrons. The zero-order valence-corrected chi connectivity index (χ0v) is 26.9. The first-order valence-corrected chi connectivity index (χ1v) is 17.7. The lowest BCUT2D eigenvalue weighted by Gasteiger charge is -2.28. The van der Waals surface area contributed by atoms with Gasteiger partial charge in [0.2, 0.25) is 15.9 Å². The molecule has 0 aromatic heterocycles. The summed E-state index contributed by atoms with van der Waals surface area (Å²) >= 11 is 0. The largest absolute Gasteiger partial charge is 0.458 e. The molecule has 2 aliphatic heterocycles. The molecular weight excluding hydrogens is 610 g/mol. The molecule has 4 rings (SSSR count). The summed E-state index contributed by atoms with van der Waals surface area (Å²) in [5, 5.41) is 2.73. The predicted molar refractivity (Wildman–Crippen MR) is 162 cm³/mol. The molecule has 44 heavy (non-hydrogen) atoms. The van der Waals surface area contributed by atoms with Gasteiger partial charge in [0.15, 0.2) is 9.84 Å². The van der Waals surface area contributed by atoms with E-state index in [1.165, 1.54) is 33.5 Å². The molecule has 240 valence electrons. The van der Waals surface area contributed by atoms with E-state index in [1.807, 2.05) is 6.92 Å². The van der Waals surface area contributed by atoms with E-state index in [4.69, 9.17) is 9.47 Å². The van der Waals surface area contributed by atoms with Gasteiger partial charge in [0, 0.05) is 26.1 Å². The second kappa shape index (κ2) is 13.2. The molecule has 2 heterocycles. The van der Waals surface area contributed by atoms with Crippen LogP contribution in [0.15, 0.2) is 53.4 Å². The number of nitrogens with zero attached hydrogens (tertiary/aromatic N) is 2. The minimum Gasteiger partial charge on any atom is -0.458 e. The van der Waals surface area contributed by atoms with E-state index in [0.717, 1.165) is 5.56 Å². The number of rotatable bonds is 8. The van der Waals surface area contributed by atoms with E-state index in [2.05, 4.69) is 5.32 Å². The Hall–Kier alpha value is -3.49. The molecule has 1 N–H and O–H groups in total. The van der Waals surface area contributed by atoms with Crippen LogP contribution >= 0.6 is 0 Å². The Bertz CT molecular complexity index is 1570. The third-order valence-corrected chi connectivity index (χ3v) is 10.8. The van der Waals surface area contributed by atoms with E-state index in [9.17, 15) is 31.2 Å². The molecule has 0 bridgehead atoms. The van der Waals surface area contributed by atoms with Crippen molar-refractivity contribution >= 4 is 37.8 Å². The number of sulfone groups is 1. The highest BCUT2D eigenvalue weighted by atomic mass is 32.2. The molecule has 2 aromatic rings. The number of hydrogen-bond acceptors (Lipinski definition) is 9. The summed E-state index contributed by atoms with van der Waals surface area (Å²) in [6.07, 6.45) is 0.179. The maximum absolute atomic E-state index is 13.5. The molecule has 2 fully saturated rings. The Labute approximate surface area is 258 Å². The third kappa shape index (κ3) is 8.57. The highest BCUT2D eigenvalue weighted by Gasteiger charge is 2.41. The molecule has 0 saturated carbocycles. The predicted octanol–water partition coefficient (Wildman–Crippen LogP) is 2.45. The highest BCUT2D eigenvalue weighted by Crippen LogP contribution is 2.27. The fourth-order valence-electron chi connectivity index (χ4n) is 4.96. The van der Waals surface area contributed by atoms with Gasteiger partial charge in [-0.05, 0) is 70.4 Å². The molecule has 0 unspecified atom stereocenters. The van der Waals surface area contributed by atoms with Crippen molar-refractivity contribution in [1.29, 1.82) is 0 Å². The number of carbonyl (C=O) groups excluding carboxylic acids is 3. The van der Waals surface area contributed by atoms with Crippen LogP contribution < -0.4 is 10.1 Å². The van der Waals surface area contributed by atoms with Gasteiger partial charge in [-0.3, -0.25) is 4.79 Å².